The van der Waals surface area contributed by atoms with Gasteiger partial charge in [-0.1, -0.05) is 11.6 Å². The second kappa shape index (κ2) is 7.63. The Hall–Kier alpha value is -2.85. The van der Waals surface area contributed by atoms with E-state index in [1.165, 1.54) is 37.2 Å². The first-order valence-corrected chi connectivity index (χ1v) is 9.68. The highest BCUT2D eigenvalue weighted by Crippen LogP contribution is 2.50. The molecule has 0 saturated carbocycles. The number of rotatable bonds is 2. The number of likely N-dealkylation sites (N-methyl/N-ethyl adjacent to an activating group) is 1. The number of hydrogen-bond acceptors (Lipinski definition) is 8. The second-order valence-electron chi connectivity index (χ2n) is 8.02. The number of phenolic OH excluding ortho intramolecular Hbond substituents is 2. The highest BCUT2D eigenvalue weighted by atomic mass is 35.5. The van der Waals surface area contributed by atoms with Crippen LogP contribution in [0.25, 0.3) is 10.8 Å². The van der Waals surface area contributed by atoms with E-state index in [-0.39, 0.29) is 51.5 Å². The Bertz CT molecular complexity index is 1240. The van der Waals surface area contributed by atoms with Crippen molar-refractivity contribution in [2.24, 2.45) is 11.7 Å². The molecule has 4 rings (SSSR count). The van der Waals surface area contributed by atoms with Crippen LogP contribution in [0.2, 0.25) is 5.02 Å². The van der Waals surface area contributed by atoms with Gasteiger partial charge in [-0.05, 0) is 44.3 Å². The van der Waals surface area contributed by atoms with E-state index in [1.807, 2.05) is 0 Å². The van der Waals surface area contributed by atoms with Crippen LogP contribution in [0.15, 0.2) is 29.5 Å². The number of aliphatic hydroxyl groups is 2. The fourth-order valence-corrected chi connectivity index (χ4v) is 4.96. The maximum atomic E-state index is 13.5. The number of carbonyl (C=O) groups is 3. The lowest BCUT2D eigenvalue weighted by molar-refractivity contribution is -0.132. The number of carbonyl (C=O) groups excluding carboxylic acids is 3. The van der Waals surface area contributed by atoms with Crippen molar-refractivity contribution >= 4 is 52.3 Å². The normalized spacial score (nSPS) is 24.9. The fraction of sp³-hybridized carbons (Fsp3) is 0.286. The molecule has 1 amide bonds. The highest BCUT2D eigenvalue weighted by Gasteiger charge is 2.62. The SMILES string of the molecule is CN(C)[C@@H]1C(=O)C(C(N)=O)=C(O)[C@@]2(O)C(=O)c3c(cc4c(Cl)ccc(O)c4c3O)C[C@@H]12.Cl. The van der Waals surface area contributed by atoms with Gasteiger partial charge in [0.2, 0.25) is 5.78 Å². The van der Waals surface area contributed by atoms with Crippen molar-refractivity contribution in [2.45, 2.75) is 18.1 Å². The highest BCUT2D eigenvalue weighted by molar-refractivity contribution is 6.36. The quantitative estimate of drug-likeness (QED) is 0.399. The number of halogens is 2. The maximum absolute atomic E-state index is 13.5. The van der Waals surface area contributed by atoms with E-state index in [4.69, 9.17) is 17.3 Å². The van der Waals surface area contributed by atoms with Gasteiger partial charge in [-0.3, -0.25) is 19.3 Å². The average molecular weight is 483 g/mol. The fourth-order valence-electron chi connectivity index (χ4n) is 4.75. The summed E-state index contributed by atoms with van der Waals surface area (Å²) in [5.74, 6) is -6.51. The third kappa shape index (κ3) is 2.89. The van der Waals surface area contributed by atoms with E-state index in [0.29, 0.717) is 0 Å². The number of ketones is 2. The summed E-state index contributed by atoms with van der Waals surface area (Å²) in [6.45, 7) is 0. The van der Waals surface area contributed by atoms with E-state index >= 15 is 0 Å². The van der Waals surface area contributed by atoms with Crippen molar-refractivity contribution in [3.63, 3.8) is 0 Å². The van der Waals surface area contributed by atoms with Gasteiger partial charge in [0.25, 0.3) is 5.91 Å². The minimum Gasteiger partial charge on any atom is -0.508 e. The van der Waals surface area contributed by atoms with Crippen molar-refractivity contribution < 1.29 is 34.8 Å². The summed E-state index contributed by atoms with van der Waals surface area (Å²) in [5, 5.41) is 43.5. The lowest BCUT2D eigenvalue weighted by Gasteiger charge is -2.47. The number of fused-ring (bicyclic) bond motifs is 3. The van der Waals surface area contributed by atoms with Gasteiger partial charge in [-0.25, -0.2) is 0 Å². The lowest BCUT2D eigenvalue weighted by Crippen LogP contribution is -2.64. The smallest absolute Gasteiger partial charge is 0.255 e. The van der Waals surface area contributed by atoms with Gasteiger partial charge < -0.3 is 26.2 Å². The molecule has 9 nitrogen and oxygen atoms in total. The summed E-state index contributed by atoms with van der Waals surface area (Å²) in [6, 6.07) is 3.00. The summed E-state index contributed by atoms with van der Waals surface area (Å²) >= 11 is 6.21. The molecule has 0 aromatic heterocycles. The van der Waals surface area contributed by atoms with Gasteiger partial charge in [0.05, 0.1) is 17.0 Å². The molecule has 2 aromatic rings. The van der Waals surface area contributed by atoms with Crippen molar-refractivity contribution in [1.29, 1.82) is 0 Å². The minimum atomic E-state index is -2.68. The lowest BCUT2D eigenvalue weighted by atomic mass is 9.62. The molecule has 32 heavy (non-hydrogen) atoms. The molecule has 6 N–H and O–H groups in total. The van der Waals surface area contributed by atoms with Gasteiger partial charge in [-0.2, -0.15) is 0 Å². The van der Waals surface area contributed by atoms with Crippen LogP contribution in [-0.2, 0) is 16.0 Å². The van der Waals surface area contributed by atoms with Crippen LogP contribution < -0.4 is 5.73 Å². The number of nitrogens with two attached hydrogens (primary N) is 1. The van der Waals surface area contributed by atoms with E-state index in [9.17, 15) is 34.8 Å². The summed E-state index contributed by atoms with van der Waals surface area (Å²) in [4.78, 5) is 39.7. The van der Waals surface area contributed by atoms with Crippen LogP contribution >= 0.6 is 24.0 Å². The van der Waals surface area contributed by atoms with Gasteiger partial charge in [0, 0.05) is 16.3 Å². The molecule has 3 atom stereocenters. The number of amides is 1. The molecule has 170 valence electrons. The zero-order chi connectivity index (χ0) is 23.0. The molecular weight excluding hydrogens is 463 g/mol. The summed E-state index contributed by atoms with van der Waals surface area (Å²) in [6.07, 6.45) is -0.113. The van der Waals surface area contributed by atoms with Crippen molar-refractivity contribution in [1.82, 2.24) is 4.90 Å². The van der Waals surface area contributed by atoms with E-state index in [1.54, 1.807) is 0 Å². The zero-order valence-electron chi connectivity index (χ0n) is 16.9. The molecule has 0 unspecified atom stereocenters. The van der Waals surface area contributed by atoms with Crippen LogP contribution in [0.3, 0.4) is 0 Å². The van der Waals surface area contributed by atoms with Crippen LogP contribution in [0.4, 0.5) is 0 Å². The number of hydrogen-bond donors (Lipinski definition) is 5. The molecule has 2 aliphatic carbocycles. The summed E-state index contributed by atoms with van der Waals surface area (Å²) < 4.78 is 0. The van der Waals surface area contributed by atoms with Gasteiger partial charge in [0.15, 0.2) is 11.4 Å². The van der Waals surface area contributed by atoms with Crippen LogP contribution in [0, 0.1) is 5.92 Å². The Balaban J connectivity index is 0.00000289. The van der Waals surface area contributed by atoms with E-state index < -0.39 is 52.1 Å². The van der Waals surface area contributed by atoms with Crippen LogP contribution in [0.1, 0.15) is 15.9 Å². The summed E-state index contributed by atoms with van der Waals surface area (Å²) in [5.41, 5.74) is 1.64. The average Bonchev–Trinajstić information content (AvgIpc) is 2.67. The predicted octanol–water partition coefficient (Wildman–Crippen LogP) is 1.22. The molecule has 0 bridgehead atoms. The number of Topliss-reactive ketones (excluding diaryl/α,β-unsaturated/α-hetero) is 2. The Morgan fingerprint density at radius 2 is 1.84 bits per heavy atom. The van der Waals surface area contributed by atoms with Crippen LogP contribution in [-0.4, -0.2) is 68.5 Å². The molecule has 2 aromatic carbocycles. The molecule has 0 fully saturated rings. The Morgan fingerprint density at radius 1 is 1.22 bits per heavy atom. The molecule has 2 aliphatic rings. The summed E-state index contributed by atoms with van der Waals surface area (Å²) in [7, 11) is 3.05. The Kier molecular flexibility index (Phi) is 5.68. The largest absolute Gasteiger partial charge is 0.508 e. The van der Waals surface area contributed by atoms with Crippen molar-refractivity contribution in [3.8, 4) is 11.5 Å². The molecular formula is C21H20Cl2N2O7. The van der Waals surface area contributed by atoms with E-state index in [2.05, 4.69) is 0 Å². The van der Waals surface area contributed by atoms with Gasteiger partial charge in [0.1, 0.15) is 22.8 Å². The standard InChI is InChI=1S/C21H19ClN2O7.ClH/c1-24(2)15-9-6-7-5-8-10(22)3-4-11(25)13(8)16(26)12(7)18(28)21(9,31)19(29)14(17(15)27)20(23)30;/h3-5,9,15,25-26,29,31H,6H2,1-2H3,(H2,23,30);1H/t9-,15-,21-;/m0./s1. The zero-order valence-corrected chi connectivity index (χ0v) is 18.5. The third-order valence-electron chi connectivity index (χ3n) is 6.13. The van der Waals surface area contributed by atoms with Gasteiger partial charge >= 0.3 is 0 Å². The molecule has 11 heteroatoms. The monoisotopic (exact) mass is 482 g/mol. The molecule has 0 radical (unpaired) electrons. The van der Waals surface area contributed by atoms with Crippen LogP contribution in [0.5, 0.6) is 11.5 Å². The Morgan fingerprint density at radius 3 is 2.41 bits per heavy atom. The molecule has 0 saturated heterocycles. The number of aliphatic hydroxyl groups excluding tert-OH is 1. The first-order valence-electron chi connectivity index (χ1n) is 9.30. The number of phenols is 2. The van der Waals surface area contributed by atoms with Gasteiger partial charge in [-0.15, -0.1) is 12.4 Å². The molecule has 0 spiro atoms. The van der Waals surface area contributed by atoms with Crippen molar-refractivity contribution in [3.05, 3.63) is 45.7 Å². The molecule has 0 heterocycles. The predicted molar refractivity (Wildman–Crippen MR) is 117 cm³/mol. The number of benzene rings is 2. The number of nitrogens with zero attached hydrogens (tertiary/aromatic N) is 1. The number of aromatic hydroxyl groups is 2. The minimum absolute atomic E-state index is 0. The topological polar surface area (TPSA) is 161 Å². The first kappa shape index (κ1) is 23.8. The molecule has 0 aliphatic heterocycles. The van der Waals surface area contributed by atoms with Crippen molar-refractivity contribution in [2.75, 3.05) is 14.1 Å². The first-order chi connectivity index (χ1) is 14.4. The maximum Gasteiger partial charge on any atom is 0.255 e. The number of primary amides is 1. The second-order valence-corrected chi connectivity index (χ2v) is 8.42. The Labute approximate surface area is 193 Å². The third-order valence-corrected chi connectivity index (χ3v) is 6.46. The van der Waals surface area contributed by atoms with E-state index in [0.717, 1.165) is 0 Å².